The summed E-state index contributed by atoms with van der Waals surface area (Å²) in [4.78, 5) is 16.0. The van der Waals surface area contributed by atoms with Gasteiger partial charge in [0, 0.05) is 31.6 Å². The number of benzene rings is 2. The predicted molar refractivity (Wildman–Crippen MR) is 129 cm³/mol. The molecule has 4 rings (SSSR count). The Morgan fingerprint density at radius 3 is 2.64 bits per heavy atom. The number of carbonyl (C=O) groups is 1. The second-order valence-corrected chi connectivity index (χ2v) is 9.87. The Bertz CT molecular complexity index is 1240. The third-order valence-corrected chi connectivity index (χ3v) is 7.39. The minimum atomic E-state index is -3.87. The Hall–Kier alpha value is -2.91. The number of nitrogens with one attached hydrogen (secondary N) is 1. The number of piperazine rings is 1. The third-order valence-electron chi connectivity index (χ3n) is 5.51. The maximum atomic E-state index is 12.9. The van der Waals surface area contributed by atoms with Crippen LogP contribution < -0.4 is 9.62 Å². The van der Waals surface area contributed by atoms with E-state index in [2.05, 4.69) is 9.62 Å². The number of anilines is 2. The normalized spacial score (nSPS) is 14.5. The SMILES string of the molecule is CCCCOC(=O)N1CCN(c2cc(NS(=O)(=O)c3ccccc3Cl)cc3ccoc23)CC1. The van der Waals surface area contributed by atoms with E-state index in [1.807, 2.05) is 6.92 Å². The average Bonchev–Trinajstić information content (AvgIpc) is 3.27. The highest BCUT2D eigenvalue weighted by atomic mass is 35.5. The summed E-state index contributed by atoms with van der Waals surface area (Å²) in [5, 5.41) is 0.919. The summed E-state index contributed by atoms with van der Waals surface area (Å²) in [7, 11) is -3.87. The highest BCUT2D eigenvalue weighted by Gasteiger charge is 2.25. The van der Waals surface area contributed by atoms with Crippen LogP contribution in [0.15, 0.2) is 58.0 Å². The molecule has 2 heterocycles. The first-order valence-corrected chi connectivity index (χ1v) is 12.7. The molecule has 0 atom stereocenters. The number of rotatable bonds is 7. The van der Waals surface area contributed by atoms with E-state index in [9.17, 15) is 13.2 Å². The molecule has 0 saturated carbocycles. The molecule has 1 amide bonds. The Kier molecular flexibility index (Phi) is 6.99. The molecule has 0 aliphatic carbocycles. The molecule has 1 fully saturated rings. The number of hydrogen-bond donors (Lipinski definition) is 1. The Morgan fingerprint density at radius 2 is 1.91 bits per heavy atom. The molecule has 0 radical (unpaired) electrons. The van der Waals surface area contributed by atoms with E-state index in [0.29, 0.717) is 44.1 Å². The molecule has 0 unspecified atom stereocenters. The molecule has 0 spiro atoms. The molecule has 0 bridgehead atoms. The van der Waals surface area contributed by atoms with Crippen LogP contribution in [0.25, 0.3) is 11.0 Å². The van der Waals surface area contributed by atoms with Crippen LogP contribution >= 0.6 is 11.6 Å². The number of unbranched alkanes of at least 4 members (excludes halogenated alkanes) is 1. The van der Waals surface area contributed by atoms with Crippen LogP contribution in [0.4, 0.5) is 16.2 Å². The lowest BCUT2D eigenvalue weighted by molar-refractivity contribution is 0.0989. The van der Waals surface area contributed by atoms with Gasteiger partial charge in [0.2, 0.25) is 0 Å². The van der Waals surface area contributed by atoms with Crippen LogP contribution in [0.1, 0.15) is 19.8 Å². The predicted octanol–water partition coefficient (Wildman–Crippen LogP) is 4.95. The maximum absolute atomic E-state index is 12.9. The summed E-state index contributed by atoms with van der Waals surface area (Å²) in [6.45, 7) is 4.62. The zero-order chi connectivity index (χ0) is 23.4. The fourth-order valence-corrected chi connectivity index (χ4v) is 5.32. The maximum Gasteiger partial charge on any atom is 0.409 e. The fraction of sp³-hybridized carbons (Fsp3) is 0.348. The number of ether oxygens (including phenoxy) is 1. The number of fused-ring (bicyclic) bond motifs is 1. The van der Waals surface area contributed by atoms with E-state index in [0.717, 1.165) is 23.9 Å². The van der Waals surface area contributed by atoms with Gasteiger partial charge in [0.05, 0.1) is 29.3 Å². The second-order valence-electron chi connectivity index (χ2n) is 7.81. The van der Waals surface area contributed by atoms with Crippen LogP contribution in [-0.2, 0) is 14.8 Å². The summed E-state index contributed by atoms with van der Waals surface area (Å²) in [6.07, 6.45) is 3.09. The van der Waals surface area contributed by atoms with Gasteiger partial charge in [-0.05, 0) is 36.8 Å². The first kappa shape index (κ1) is 23.3. The van der Waals surface area contributed by atoms with Crippen molar-refractivity contribution < 1.29 is 22.4 Å². The molecule has 1 saturated heterocycles. The van der Waals surface area contributed by atoms with Crippen molar-refractivity contribution in [2.24, 2.45) is 0 Å². The number of carbonyl (C=O) groups excluding carboxylic acids is 1. The Labute approximate surface area is 198 Å². The largest absolute Gasteiger partial charge is 0.462 e. The molecule has 10 heteroatoms. The molecular formula is C23H26ClN3O5S. The van der Waals surface area contributed by atoms with Crippen LogP contribution in [0.3, 0.4) is 0 Å². The number of amides is 1. The smallest absolute Gasteiger partial charge is 0.409 e. The lowest BCUT2D eigenvalue weighted by Crippen LogP contribution is -2.49. The van der Waals surface area contributed by atoms with Crippen LogP contribution in [0.2, 0.25) is 5.02 Å². The van der Waals surface area contributed by atoms with Crippen molar-refractivity contribution in [3.8, 4) is 0 Å². The van der Waals surface area contributed by atoms with Crippen LogP contribution in [0.5, 0.6) is 0 Å². The van der Waals surface area contributed by atoms with Gasteiger partial charge in [-0.25, -0.2) is 13.2 Å². The first-order valence-electron chi connectivity index (χ1n) is 10.8. The summed E-state index contributed by atoms with van der Waals surface area (Å²) in [5.74, 6) is 0. The molecule has 1 aliphatic rings. The first-order chi connectivity index (χ1) is 15.9. The van der Waals surface area contributed by atoms with Crippen molar-refractivity contribution in [3.05, 3.63) is 53.8 Å². The van der Waals surface area contributed by atoms with Crippen LogP contribution in [0, 0.1) is 0 Å². The van der Waals surface area contributed by atoms with Crippen molar-refractivity contribution in [1.29, 1.82) is 0 Å². The molecule has 1 aromatic heterocycles. The van der Waals surface area contributed by atoms with Crippen molar-refractivity contribution in [2.45, 2.75) is 24.7 Å². The van der Waals surface area contributed by atoms with Gasteiger partial charge in [0.1, 0.15) is 4.90 Å². The molecule has 8 nitrogen and oxygen atoms in total. The molecule has 2 aromatic carbocycles. The van der Waals surface area contributed by atoms with Gasteiger partial charge in [-0.15, -0.1) is 0 Å². The van der Waals surface area contributed by atoms with Crippen molar-refractivity contribution in [1.82, 2.24) is 4.90 Å². The minimum Gasteiger partial charge on any atom is -0.462 e. The minimum absolute atomic E-state index is 0.00991. The summed E-state index contributed by atoms with van der Waals surface area (Å²) in [6, 6.07) is 11.5. The summed E-state index contributed by atoms with van der Waals surface area (Å²) >= 11 is 6.10. The van der Waals surface area contributed by atoms with Crippen molar-refractivity contribution >= 4 is 50.1 Å². The summed E-state index contributed by atoms with van der Waals surface area (Å²) < 4.78 is 39.5. The van der Waals surface area contributed by atoms with Gasteiger partial charge >= 0.3 is 6.09 Å². The Balaban J connectivity index is 1.53. The van der Waals surface area contributed by atoms with Crippen molar-refractivity contribution in [3.63, 3.8) is 0 Å². The van der Waals surface area contributed by atoms with Crippen molar-refractivity contribution in [2.75, 3.05) is 42.4 Å². The highest BCUT2D eigenvalue weighted by Crippen LogP contribution is 2.34. The topological polar surface area (TPSA) is 92.1 Å². The van der Waals surface area contributed by atoms with Gasteiger partial charge < -0.3 is 19.0 Å². The molecule has 1 N–H and O–H groups in total. The lowest BCUT2D eigenvalue weighted by Gasteiger charge is -2.35. The molecule has 33 heavy (non-hydrogen) atoms. The Morgan fingerprint density at radius 1 is 1.15 bits per heavy atom. The van der Waals surface area contributed by atoms with E-state index in [1.54, 1.807) is 41.5 Å². The monoisotopic (exact) mass is 491 g/mol. The highest BCUT2D eigenvalue weighted by molar-refractivity contribution is 7.92. The molecular weight excluding hydrogens is 466 g/mol. The van der Waals surface area contributed by atoms with E-state index >= 15 is 0 Å². The number of nitrogens with zero attached hydrogens (tertiary/aromatic N) is 2. The number of furan rings is 1. The van der Waals surface area contributed by atoms with Gasteiger partial charge in [0.15, 0.2) is 5.58 Å². The zero-order valence-corrected chi connectivity index (χ0v) is 19.9. The molecule has 3 aromatic rings. The average molecular weight is 492 g/mol. The van der Waals surface area contributed by atoms with E-state index in [1.165, 1.54) is 12.1 Å². The second kappa shape index (κ2) is 9.93. The van der Waals surface area contributed by atoms with E-state index in [-0.39, 0.29) is 16.0 Å². The van der Waals surface area contributed by atoms with E-state index < -0.39 is 10.0 Å². The van der Waals surface area contributed by atoms with Gasteiger partial charge in [-0.2, -0.15) is 0 Å². The number of halogens is 1. The zero-order valence-electron chi connectivity index (χ0n) is 18.3. The fourth-order valence-electron chi connectivity index (χ4n) is 3.75. The summed E-state index contributed by atoms with van der Waals surface area (Å²) in [5.41, 5.74) is 1.82. The number of hydrogen-bond acceptors (Lipinski definition) is 6. The van der Waals surface area contributed by atoms with Crippen LogP contribution in [-0.4, -0.2) is 52.2 Å². The van der Waals surface area contributed by atoms with Gasteiger partial charge in [0.25, 0.3) is 10.0 Å². The number of sulfonamides is 1. The molecule has 1 aliphatic heterocycles. The van der Waals surface area contributed by atoms with Gasteiger partial charge in [-0.1, -0.05) is 37.1 Å². The lowest BCUT2D eigenvalue weighted by atomic mass is 10.1. The van der Waals surface area contributed by atoms with E-state index in [4.69, 9.17) is 20.8 Å². The quantitative estimate of drug-likeness (QED) is 0.470. The van der Waals surface area contributed by atoms with Gasteiger partial charge in [-0.3, -0.25) is 4.72 Å². The standard InChI is InChI=1S/C23H26ClN3O5S/c1-2-3-13-32-23(28)27-11-9-26(10-12-27)20-16-18(15-17-8-14-31-22(17)20)25-33(29,30)21-7-5-4-6-19(21)24/h4-8,14-16,25H,2-3,9-13H2,1H3. The third kappa shape index (κ3) is 5.20. The molecule has 176 valence electrons.